The number of anilines is 1. The molecule has 0 spiro atoms. The van der Waals surface area contributed by atoms with E-state index in [0.29, 0.717) is 30.8 Å². The SMILES string of the molecule is COc1ccc(N(CC(=O)NCCCn2ccnc2)S(=O)(=O)c2ccc(C)c([N+](=O)[O-])c2)cc1. The second kappa shape index (κ2) is 10.8. The molecule has 0 radical (unpaired) electrons. The molecule has 0 saturated heterocycles. The van der Waals surface area contributed by atoms with E-state index >= 15 is 0 Å². The van der Waals surface area contributed by atoms with Gasteiger partial charge in [-0.15, -0.1) is 0 Å². The number of carbonyl (C=O) groups is 1. The molecule has 0 atom stereocenters. The smallest absolute Gasteiger partial charge is 0.273 e. The number of nitro benzene ring substituents is 1. The number of aryl methyl sites for hydroxylation is 2. The van der Waals surface area contributed by atoms with Crippen LogP contribution in [-0.4, -0.2) is 49.0 Å². The lowest BCUT2D eigenvalue weighted by Crippen LogP contribution is -2.41. The molecule has 0 fully saturated rings. The molecule has 1 heterocycles. The van der Waals surface area contributed by atoms with Crippen LogP contribution in [0, 0.1) is 17.0 Å². The number of imidazole rings is 1. The van der Waals surface area contributed by atoms with E-state index in [1.165, 1.54) is 38.3 Å². The average Bonchev–Trinajstić information content (AvgIpc) is 3.34. The lowest BCUT2D eigenvalue weighted by Gasteiger charge is -2.24. The van der Waals surface area contributed by atoms with Crippen molar-refractivity contribution in [1.29, 1.82) is 0 Å². The number of amides is 1. The van der Waals surface area contributed by atoms with Crippen LogP contribution in [0.5, 0.6) is 5.75 Å². The Hall–Kier alpha value is -3.93. The molecule has 34 heavy (non-hydrogen) atoms. The molecule has 12 heteroatoms. The van der Waals surface area contributed by atoms with Crippen LogP contribution >= 0.6 is 0 Å². The first kappa shape index (κ1) is 24.7. The minimum Gasteiger partial charge on any atom is -0.497 e. The van der Waals surface area contributed by atoms with Crippen LogP contribution in [0.15, 0.2) is 66.1 Å². The summed E-state index contributed by atoms with van der Waals surface area (Å²) in [6.07, 6.45) is 5.76. The molecule has 0 bridgehead atoms. The lowest BCUT2D eigenvalue weighted by molar-refractivity contribution is -0.385. The fourth-order valence-corrected chi connectivity index (χ4v) is 4.67. The third-order valence-electron chi connectivity index (χ3n) is 5.09. The Morgan fingerprint density at radius 1 is 1.24 bits per heavy atom. The predicted octanol–water partition coefficient (Wildman–Crippen LogP) is 2.51. The van der Waals surface area contributed by atoms with Gasteiger partial charge in [0, 0.05) is 37.1 Å². The monoisotopic (exact) mass is 487 g/mol. The Kier molecular flexibility index (Phi) is 7.84. The molecule has 3 aromatic rings. The topological polar surface area (TPSA) is 137 Å². The van der Waals surface area contributed by atoms with Gasteiger partial charge in [0.1, 0.15) is 12.3 Å². The molecule has 0 aliphatic rings. The van der Waals surface area contributed by atoms with E-state index in [2.05, 4.69) is 10.3 Å². The molecule has 0 unspecified atom stereocenters. The number of benzene rings is 2. The average molecular weight is 488 g/mol. The zero-order valence-corrected chi connectivity index (χ0v) is 19.6. The van der Waals surface area contributed by atoms with Crippen molar-refractivity contribution >= 4 is 27.3 Å². The van der Waals surface area contributed by atoms with Crippen LogP contribution in [0.2, 0.25) is 0 Å². The zero-order valence-electron chi connectivity index (χ0n) is 18.7. The van der Waals surface area contributed by atoms with Gasteiger partial charge < -0.3 is 14.6 Å². The second-order valence-electron chi connectivity index (χ2n) is 7.42. The molecule has 1 amide bonds. The van der Waals surface area contributed by atoms with Gasteiger partial charge in [-0.25, -0.2) is 13.4 Å². The van der Waals surface area contributed by atoms with E-state index in [1.807, 2.05) is 4.57 Å². The Morgan fingerprint density at radius 3 is 2.59 bits per heavy atom. The zero-order chi connectivity index (χ0) is 24.7. The normalized spacial score (nSPS) is 11.1. The number of nitrogens with zero attached hydrogens (tertiary/aromatic N) is 4. The summed E-state index contributed by atoms with van der Waals surface area (Å²) in [7, 11) is -2.81. The van der Waals surface area contributed by atoms with Crippen molar-refractivity contribution in [2.75, 3.05) is 24.5 Å². The van der Waals surface area contributed by atoms with Gasteiger partial charge in [0.05, 0.1) is 28.9 Å². The third-order valence-corrected chi connectivity index (χ3v) is 6.86. The van der Waals surface area contributed by atoms with E-state index in [0.717, 1.165) is 10.4 Å². The predicted molar refractivity (Wildman–Crippen MR) is 125 cm³/mol. The van der Waals surface area contributed by atoms with Crippen LogP contribution < -0.4 is 14.4 Å². The molecule has 0 aliphatic carbocycles. The van der Waals surface area contributed by atoms with Gasteiger partial charge in [0.25, 0.3) is 15.7 Å². The highest BCUT2D eigenvalue weighted by atomic mass is 32.2. The van der Waals surface area contributed by atoms with E-state index < -0.39 is 27.4 Å². The minimum absolute atomic E-state index is 0.220. The summed E-state index contributed by atoms with van der Waals surface area (Å²) < 4.78 is 34.9. The first-order chi connectivity index (χ1) is 16.2. The summed E-state index contributed by atoms with van der Waals surface area (Å²) in [5.41, 5.74) is 0.230. The van der Waals surface area contributed by atoms with E-state index in [1.54, 1.807) is 30.9 Å². The summed E-state index contributed by atoms with van der Waals surface area (Å²) in [4.78, 5) is 27.0. The molecule has 3 rings (SSSR count). The number of methoxy groups -OCH3 is 1. The molecule has 1 aromatic heterocycles. The van der Waals surface area contributed by atoms with Gasteiger partial charge in [-0.1, -0.05) is 6.07 Å². The molecular weight excluding hydrogens is 462 g/mol. The summed E-state index contributed by atoms with van der Waals surface area (Å²) in [5, 5.41) is 14.1. The highest BCUT2D eigenvalue weighted by Gasteiger charge is 2.29. The molecule has 1 N–H and O–H groups in total. The van der Waals surface area contributed by atoms with Gasteiger partial charge in [0.15, 0.2) is 0 Å². The molecule has 2 aromatic carbocycles. The largest absolute Gasteiger partial charge is 0.497 e. The van der Waals surface area contributed by atoms with E-state index in [4.69, 9.17) is 4.74 Å². The summed E-state index contributed by atoms with van der Waals surface area (Å²) in [5.74, 6) is 0.00246. The molecule has 11 nitrogen and oxygen atoms in total. The number of hydrogen-bond donors (Lipinski definition) is 1. The lowest BCUT2D eigenvalue weighted by atomic mass is 10.2. The summed E-state index contributed by atoms with van der Waals surface area (Å²) in [6.45, 7) is 2.01. The van der Waals surface area contributed by atoms with Gasteiger partial charge >= 0.3 is 0 Å². The summed E-state index contributed by atoms with van der Waals surface area (Å²) >= 11 is 0. The van der Waals surface area contributed by atoms with Crippen LogP contribution in [0.1, 0.15) is 12.0 Å². The van der Waals surface area contributed by atoms with Crippen molar-refractivity contribution in [2.24, 2.45) is 0 Å². The van der Waals surface area contributed by atoms with Crippen LogP contribution in [0.4, 0.5) is 11.4 Å². The van der Waals surface area contributed by atoms with E-state index in [9.17, 15) is 23.3 Å². The molecular formula is C22H25N5O6S. The van der Waals surface area contributed by atoms with Crippen molar-refractivity contribution in [3.63, 3.8) is 0 Å². The first-order valence-corrected chi connectivity index (χ1v) is 11.8. The summed E-state index contributed by atoms with van der Waals surface area (Å²) in [6, 6.07) is 9.81. The Morgan fingerprint density at radius 2 is 1.97 bits per heavy atom. The minimum atomic E-state index is -4.29. The number of rotatable bonds is 11. The van der Waals surface area contributed by atoms with Crippen molar-refractivity contribution < 1.29 is 22.9 Å². The maximum atomic E-state index is 13.5. The maximum absolute atomic E-state index is 13.5. The van der Waals surface area contributed by atoms with Crippen LogP contribution in [0.3, 0.4) is 0 Å². The molecule has 0 saturated carbocycles. The van der Waals surface area contributed by atoms with Crippen molar-refractivity contribution in [1.82, 2.24) is 14.9 Å². The second-order valence-corrected chi connectivity index (χ2v) is 9.28. The van der Waals surface area contributed by atoms with Gasteiger partial charge in [-0.3, -0.25) is 19.2 Å². The van der Waals surface area contributed by atoms with Gasteiger partial charge in [0.2, 0.25) is 5.91 Å². The van der Waals surface area contributed by atoms with Crippen molar-refractivity contribution in [3.8, 4) is 5.75 Å². The number of hydrogen-bond acceptors (Lipinski definition) is 7. The quantitative estimate of drug-likeness (QED) is 0.249. The standard InChI is InChI=1S/C22H25N5O6S/c1-17-4-9-20(14-21(17)27(29)30)34(31,32)26(18-5-7-19(33-2)8-6-18)15-22(28)24-10-3-12-25-13-11-23-16-25/h4-9,11,13-14,16H,3,10,12,15H2,1-2H3,(H,24,28). The third kappa shape index (κ3) is 5.90. The van der Waals surface area contributed by atoms with Gasteiger partial charge in [-0.05, 0) is 43.7 Å². The number of nitro groups is 1. The van der Waals surface area contributed by atoms with Crippen molar-refractivity contribution in [2.45, 2.75) is 24.8 Å². The fourth-order valence-electron chi connectivity index (χ4n) is 3.23. The van der Waals surface area contributed by atoms with Crippen LogP contribution in [0.25, 0.3) is 0 Å². The molecule has 0 aliphatic heterocycles. The van der Waals surface area contributed by atoms with Crippen LogP contribution in [-0.2, 0) is 21.4 Å². The first-order valence-electron chi connectivity index (χ1n) is 10.4. The number of carbonyl (C=O) groups excluding carboxylic acids is 1. The number of sulfonamides is 1. The number of nitrogens with one attached hydrogen (secondary N) is 1. The Bertz CT molecular complexity index is 1240. The maximum Gasteiger partial charge on any atom is 0.273 e. The number of aromatic nitrogens is 2. The fraction of sp³-hybridized carbons (Fsp3) is 0.273. The van der Waals surface area contributed by atoms with Gasteiger partial charge in [-0.2, -0.15) is 0 Å². The molecule has 180 valence electrons. The Balaban J connectivity index is 1.83. The van der Waals surface area contributed by atoms with E-state index in [-0.39, 0.29) is 16.3 Å². The number of ether oxygens (including phenoxy) is 1. The highest BCUT2D eigenvalue weighted by Crippen LogP contribution is 2.28. The van der Waals surface area contributed by atoms with Crippen molar-refractivity contribution in [3.05, 3.63) is 76.9 Å². The highest BCUT2D eigenvalue weighted by molar-refractivity contribution is 7.92. The Labute approximate surface area is 197 Å².